The molecular weight excluding hydrogens is 368 g/mol. The molecule has 2 aliphatic rings. The minimum atomic E-state index is -0.250. The van der Waals surface area contributed by atoms with Crippen LogP contribution < -0.4 is 0 Å². The summed E-state index contributed by atoms with van der Waals surface area (Å²) in [6, 6.07) is 11.0. The van der Waals surface area contributed by atoms with Crippen molar-refractivity contribution in [3.8, 4) is 0 Å². The molecule has 1 aliphatic carbocycles. The predicted octanol–water partition coefficient (Wildman–Crippen LogP) is 2.91. The Morgan fingerprint density at radius 3 is 2.38 bits per heavy atom. The van der Waals surface area contributed by atoms with E-state index in [2.05, 4.69) is 54.2 Å². The second-order valence-corrected chi connectivity index (χ2v) is 8.39. The number of amides is 1. The number of carboxylic acid groups (broad SMARTS) is 1. The van der Waals surface area contributed by atoms with E-state index in [1.54, 1.807) is 0 Å². The fourth-order valence-electron chi connectivity index (χ4n) is 4.80. The molecule has 1 N–H and O–H groups in total. The molecule has 1 amide bonds. The second kappa shape index (κ2) is 11.9. The van der Waals surface area contributed by atoms with Gasteiger partial charge in [-0.05, 0) is 63.6 Å². The lowest BCUT2D eigenvalue weighted by atomic mass is 9.77. The van der Waals surface area contributed by atoms with Crippen molar-refractivity contribution in [1.82, 2.24) is 9.80 Å². The lowest BCUT2D eigenvalue weighted by Crippen LogP contribution is -2.47. The zero-order valence-electron chi connectivity index (χ0n) is 18.0. The summed E-state index contributed by atoms with van der Waals surface area (Å²) in [6.45, 7) is 1.63. The van der Waals surface area contributed by atoms with Gasteiger partial charge in [0.25, 0.3) is 6.47 Å². The number of unbranched alkanes of at least 4 members (excludes halogenated alkanes) is 1. The van der Waals surface area contributed by atoms with E-state index in [0.717, 1.165) is 45.2 Å². The molecule has 0 aromatic heterocycles. The number of hydrogen-bond acceptors (Lipinski definition) is 4. The number of benzene rings is 1. The lowest BCUT2D eigenvalue weighted by molar-refractivity contribution is -0.130. The van der Waals surface area contributed by atoms with Crippen LogP contribution in [0, 0.1) is 11.8 Å². The fourth-order valence-corrected chi connectivity index (χ4v) is 4.80. The molecule has 0 unspecified atom stereocenters. The standard InChI is InChI=1S/C22H34N2O2.CH2O2/c1-23(2)20-13-18-15-24(16-19(18)14-21(20)26-3)22(25)12-8-7-11-17-9-5-4-6-10-17;2-1-3/h4-6,9-10,18-21H,7-8,11-16H2,1-3H3;1H,(H,2,3)/t18-,19+,20-,21-;/m1./s1. The number of nitrogens with zero attached hydrogens (tertiary/aromatic N) is 2. The van der Waals surface area contributed by atoms with E-state index in [9.17, 15) is 4.79 Å². The molecule has 1 heterocycles. The van der Waals surface area contributed by atoms with Gasteiger partial charge in [0.1, 0.15) is 0 Å². The van der Waals surface area contributed by atoms with Crippen LogP contribution in [0.15, 0.2) is 30.3 Å². The van der Waals surface area contributed by atoms with Crippen molar-refractivity contribution in [3.05, 3.63) is 35.9 Å². The third kappa shape index (κ3) is 6.82. The van der Waals surface area contributed by atoms with Crippen LogP contribution in [0.5, 0.6) is 0 Å². The van der Waals surface area contributed by atoms with E-state index in [1.807, 2.05) is 7.11 Å². The third-order valence-corrected chi connectivity index (χ3v) is 6.35. The van der Waals surface area contributed by atoms with Gasteiger partial charge >= 0.3 is 0 Å². The van der Waals surface area contributed by atoms with Gasteiger partial charge in [0.15, 0.2) is 0 Å². The van der Waals surface area contributed by atoms with Crippen LogP contribution in [0.2, 0.25) is 0 Å². The first-order valence-electron chi connectivity index (χ1n) is 10.6. The number of likely N-dealkylation sites (tertiary alicyclic amines) is 1. The highest BCUT2D eigenvalue weighted by atomic mass is 16.5. The first-order chi connectivity index (χ1) is 14.0. The normalized spacial score (nSPS) is 25.9. The van der Waals surface area contributed by atoms with E-state index in [-0.39, 0.29) is 6.47 Å². The highest BCUT2D eigenvalue weighted by Gasteiger charge is 2.43. The van der Waals surface area contributed by atoms with Crippen LogP contribution in [0.25, 0.3) is 0 Å². The number of carbonyl (C=O) groups is 2. The smallest absolute Gasteiger partial charge is 0.290 e. The summed E-state index contributed by atoms with van der Waals surface area (Å²) in [7, 11) is 6.11. The highest BCUT2D eigenvalue weighted by molar-refractivity contribution is 5.76. The predicted molar refractivity (Wildman–Crippen MR) is 114 cm³/mol. The first kappa shape index (κ1) is 23.4. The van der Waals surface area contributed by atoms with Gasteiger partial charge in [-0.1, -0.05) is 30.3 Å². The van der Waals surface area contributed by atoms with Gasteiger partial charge in [-0.15, -0.1) is 0 Å². The van der Waals surface area contributed by atoms with Gasteiger partial charge < -0.3 is 19.6 Å². The van der Waals surface area contributed by atoms with E-state index in [4.69, 9.17) is 14.6 Å². The summed E-state index contributed by atoms with van der Waals surface area (Å²) in [4.78, 5) is 25.4. The Balaban J connectivity index is 0.000000941. The Morgan fingerprint density at radius 2 is 1.79 bits per heavy atom. The molecule has 3 rings (SSSR count). The average Bonchev–Trinajstić information content (AvgIpc) is 3.14. The molecule has 162 valence electrons. The lowest BCUT2D eigenvalue weighted by Gasteiger charge is -2.40. The van der Waals surface area contributed by atoms with E-state index in [0.29, 0.717) is 36.3 Å². The number of likely N-dealkylation sites (N-methyl/N-ethyl adjacent to an activating group) is 1. The van der Waals surface area contributed by atoms with Gasteiger partial charge in [0.05, 0.1) is 6.10 Å². The second-order valence-electron chi connectivity index (χ2n) is 8.39. The van der Waals surface area contributed by atoms with Crippen LogP contribution in [0.1, 0.15) is 37.7 Å². The van der Waals surface area contributed by atoms with Crippen molar-refractivity contribution in [3.63, 3.8) is 0 Å². The number of rotatable bonds is 7. The third-order valence-electron chi connectivity index (χ3n) is 6.35. The summed E-state index contributed by atoms with van der Waals surface area (Å²) in [5, 5.41) is 6.89. The fraction of sp³-hybridized carbons (Fsp3) is 0.652. The quantitative estimate of drug-likeness (QED) is 0.559. The van der Waals surface area contributed by atoms with E-state index in [1.165, 1.54) is 5.56 Å². The number of fused-ring (bicyclic) bond motifs is 1. The molecule has 2 fully saturated rings. The number of hydrogen-bond donors (Lipinski definition) is 1. The minimum Gasteiger partial charge on any atom is -0.483 e. The first-order valence-corrected chi connectivity index (χ1v) is 10.6. The minimum absolute atomic E-state index is 0.250. The van der Waals surface area contributed by atoms with Gasteiger partial charge in [0, 0.05) is 32.7 Å². The van der Waals surface area contributed by atoms with Gasteiger partial charge in [-0.3, -0.25) is 9.59 Å². The van der Waals surface area contributed by atoms with Gasteiger partial charge in [-0.25, -0.2) is 0 Å². The van der Waals surface area contributed by atoms with Crippen LogP contribution in [0.3, 0.4) is 0 Å². The summed E-state index contributed by atoms with van der Waals surface area (Å²) in [5.74, 6) is 1.61. The summed E-state index contributed by atoms with van der Waals surface area (Å²) < 4.78 is 5.75. The Kier molecular flexibility index (Phi) is 9.61. The molecule has 0 spiro atoms. The summed E-state index contributed by atoms with van der Waals surface area (Å²) >= 11 is 0. The van der Waals surface area contributed by atoms with Crippen molar-refractivity contribution in [2.75, 3.05) is 34.3 Å². The molecule has 6 heteroatoms. The molecule has 1 aromatic carbocycles. The molecule has 0 bridgehead atoms. The molecule has 1 aliphatic heterocycles. The number of aryl methyl sites for hydroxylation is 1. The molecular formula is C23H36N2O4. The highest BCUT2D eigenvalue weighted by Crippen LogP contribution is 2.39. The maximum absolute atomic E-state index is 12.7. The maximum atomic E-state index is 12.7. The van der Waals surface area contributed by atoms with Crippen molar-refractivity contribution in [1.29, 1.82) is 0 Å². The molecule has 6 nitrogen and oxygen atoms in total. The van der Waals surface area contributed by atoms with E-state index < -0.39 is 0 Å². The van der Waals surface area contributed by atoms with Crippen LogP contribution in [-0.2, 0) is 20.7 Å². The van der Waals surface area contributed by atoms with Crippen LogP contribution in [-0.4, -0.2) is 73.7 Å². The van der Waals surface area contributed by atoms with Crippen LogP contribution >= 0.6 is 0 Å². The molecule has 4 atom stereocenters. The molecule has 1 saturated carbocycles. The average molecular weight is 405 g/mol. The number of ether oxygens (including phenoxy) is 1. The van der Waals surface area contributed by atoms with Crippen molar-refractivity contribution in [2.45, 2.75) is 50.7 Å². The monoisotopic (exact) mass is 404 g/mol. The van der Waals surface area contributed by atoms with Gasteiger partial charge in [-0.2, -0.15) is 0 Å². The SMILES string of the molecule is CO[C@@H]1C[C@H]2CN(C(=O)CCCCc3ccccc3)C[C@H]2C[C@H]1N(C)C.O=CO. The van der Waals surface area contributed by atoms with Crippen molar-refractivity contribution in [2.24, 2.45) is 11.8 Å². The Bertz CT molecular complexity index is 623. The molecule has 0 radical (unpaired) electrons. The van der Waals surface area contributed by atoms with Crippen molar-refractivity contribution < 1.29 is 19.4 Å². The summed E-state index contributed by atoms with van der Waals surface area (Å²) in [6.07, 6.45) is 6.37. The number of carbonyl (C=O) groups excluding carboxylic acids is 1. The van der Waals surface area contributed by atoms with Crippen LogP contribution in [0.4, 0.5) is 0 Å². The zero-order chi connectivity index (χ0) is 21.2. The Labute approximate surface area is 174 Å². The van der Waals surface area contributed by atoms with Crippen molar-refractivity contribution >= 4 is 12.4 Å². The largest absolute Gasteiger partial charge is 0.483 e. The topological polar surface area (TPSA) is 70.1 Å². The molecule has 1 saturated heterocycles. The molecule has 1 aromatic rings. The maximum Gasteiger partial charge on any atom is 0.290 e. The number of methoxy groups -OCH3 is 1. The summed E-state index contributed by atoms with van der Waals surface area (Å²) in [5.41, 5.74) is 1.37. The Morgan fingerprint density at radius 1 is 1.17 bits per heavy atom. The molecule has 29 heavy (non-hydrogen) atoms. The van der Waals surface area contributed by atoms with Gasteiger partial charge in [0.2, 0.25) is 5.91 Å². The van der Waals surface area contributed by atoms with E-state index >= 15 is 0 Å². The Hall–Kier alpha value is -1.92. The zero-order valence-corrected chi connectivity index (χ0v) is 18.0.